The van der Waals surface area contributed by atoms with Crippen LogP contribution in [-0.4, -0.2) is 44.0 Å². The molecule has 0 aliphatic carbocycles. The molecule has 0 aromatic heterocycles. The zero-order valence-electron chi connectivity index (χ0n) is 9.37. The first-order valence-electron chi connectivity index (χ1n) is 3.94. The second-order valence-corrected chi connectivity index (χ2v) is 2.58. The van der Waals surface area contributed by atoms with Crippen LogP contribution in [0.15, 0.2) is 0 Å². The first-order valence-corrected chi connectivity index (χ1v) is 3.94. The summed E-state index contributed by atoms with van der Waals surface area (Å²) in [6, 6.07) is 0. The van der Waals surface area contributed by atoms with Crippen LogP contribution in [0.3, 0.4) is 0 Å². The van der Waals surface area contributed by atoms with Gasteiger partial charge >= 0.3 is 17.1 Å². The summed E-state index contributed by atoms with van der Waals surface area (Å²) in [5.41, 5.74) is 5.19. The van der Waals surface area contributed by atoms with E-state index in [4.69, 9.17) is 25.5 Å². The van der Waals surface area contributed by atoms with Gasteiger partial charge in [-0.15, -0.1) is 0 Å². The fourth-order valence-corrected chi connectivity index (χ4v) is 0.258. The first kappa shape index (κ1) is 23.9. The molecule has 0 saturated heterocycles. The molecule has 0 bridgehead atoms. The van der Waals surface area contributed by atoms with Gasteiger partial charge in [0.05, 0.1) is 0 Å². The van der Waals surface area contributed by atoms with E-state index in [-0.39, 0.29) is 17.1 Å². The average molecular weight is 270 g/mol. The Morgan fingerprint density at radius 2 is 1.33 bits per heavy atom. The summed E-state index contributed by atoms with van der Waals surface area (Å²) in [6.45, 7) is 3.69. The minimum absolute atomic E-state index is 0. The van der Waals surface area contributed by atoms with Crippen molar-refractivity contribution in [1.29, 1.82) is 0 Å². The zero-order valence-corrected chi connectivity index (χ0v) is 10.3. The number of hydrogen-bond donors (Lipinski definition) is 1. The number of hydrogen-bond acceptors (Lipinski definition) is 6. The Hall–Kier alpha value is -0.621. The molecule has 15 heavy (non-hydrogen) atoms. The van der Waals surface area contributed by atoms with Crippen LogP contribution in [-0.2, 0) is 26.7 Å². The summed E-state index contributed by atoms with van der Waals surface area (Å²) in [5.74, 6) is -2.17. The van der Waals surface area contributed by atoms with Crippen LogP contribution < -0.4 is 15.9 Å². The van der Waals surface area contributed by atoms with Crippen molar-refractivity contribution in [3.63, 3.8) is 0 Å². The largest absolute Gasteiger partial charge is 2.00 e. The van der Waals surface area contributed by atoms with Gasteiger partial charge in [-0.1, -0.05) is 0 Å². The second kappa shape index (κ2) is 19.0. The molecular weight excluding hydrogens is 252 g/mol. The van der Waals surface area contributed by atoms with E-state index in [0.29, 0.717) is 0 Å². The minimum atomic E-state index is -1.08. The summed E-state index contributed by atoms with van der Waals surface area (Å²) < 4.78 is 0. The summed E-state index contributed by atoms with van der Waals surface area (Å²) in [6.07, 6.45) is 0. The van der Waals surface area contributed by atoms with Crippen LogP contribution in [0.1, 0.15) is 13.8 Å². The molecule has 0 aromatic carbocycles. The van der Waals surface area contributed by atoms with E-state index in [9.17, 15) is 0 Å². The Labute approximate surface area is 101 Å². The van der Waals surface area contributed by atoms with Gasteiger partial charge in [-0.3, -0.25) is 0 Å². The maximum absolute atomic E-state index is 8.89. The van der Waals surface area contributed by atoms with E-state index in [0.717, 1.165) is 26.9 Å². The fourth-order valence-electron chi connectivity index (χ4n) is 0.258. The SMILES string of the molecule is CC(=O)[O-].CC(=O)[O-].CN(C)CCN.[Cu+2]. The summed E-state index contributed by atoms with van der Waals surface area (Å²) >= 11 is 0. The molecule has 95 valence electrons. The van der Waals surface area contributed by atoms with Crippen molar-refractivity contribution in [2.45, 2.75) is 13.8 Å². The predicted octanol–water partition coefficient (Wildman–Crippen LogP) is -2.98. The van der Waals surface area contributed by atoms with E-state index in [1.807, 2.05) is 14.1 Å². The molecule has 0 atom stereocenters. The van der Waals surface area contributed by atoms with Gasteiger partial charge in [-0.05, 0) is 27.9 Å². The third-order valence-corrected chi connectivity index (χ3v) is 0.576. The number of nitrogens with zero attached hydrogens (tertiary/aromatic N) is 1. The number of nitrogens with two attached hydrogens (primary N) is 1. The van der Waals surface area contributed by atoms with Crippen molar-refractivity contribution in [2.75, 3.05) is 27.2 Å². The van der Waals surface area contributed by atoms with Crippen molar-refractivity contribution in [2.24, 2.45) is 5.73 Å². The van der Waals surface area contributed by atoms with Gasteiger partial charge in [-0.25, -0.2) is 0 Å². The van der Waals surface area contributed by atoms with E-state index in [1.165, 1.54) is 0 Å². The molecule has 1 radical (unpaired) electrons. The van der Waals surface area contributed by atoms with Crippen LogP contribution in [0.5, 0.6) is 0 Å². The standard InChI is InChI=1S/C4H12N2.2C2H4O2.Cu/c1-6(2)4-3-5;2*1-2(3)4;/h3-5H2,1-2H3;2*1H3,(H,3,4);/q;;;+2/p-2. The number of carboxylic acids is 2. The van der Waals surface area contributed by atoms with Gasteiger partial charge in [0, 0.05) is 25.0 Å². The Bertz CT molecular complexity index is 134. The molecule has 0 unspecified atom stereocenters. The summed E-state index contributed by atoms with van der Waals surface area (Å²) in [4.78, 5) is 19.8. The minimum Gasteiger partial charge on any atom is -0.550 e. The maximum Gasteiger partial charge on any atom is 2.00 e. The molecule has 0 aliphatic heterocycles. The molecule has 2 N–H and O–H groups in total. The van der Waals surface area contributed by atoms with Gasteiger partial charge in [0.1, 0.15) is 0 Å². The molecule has 7 heteroatoms. The Kier molecular flexibility index (Phi) is 30.3. The monoisotopic (exact) mass is 269 g/mol. The van der Waals surface area contributed by atoms with Crippen LogP contribution >= 0.6 is 0 Å². The predicted molar refractivity (Wildman–Crippen MR) is 49.0 cm³/mol. The maximum atomic E-state index is 8.89. The van der Waals surface area contributed by atoms with Crippen LogP contribution in [0, 0.1) is 0 Å². The second-order valence-electron chi connectivity index (χ2n) is 2.58. The van der Waals surface area contributed by atoms with Gasteiger partial charge in [-0.2, -0.15) is 0 Å². The van der Waals surface area contributed by atoms with Crippen molar-refractivity contribution in [1.82, 2.24) is 4.90 Å². The van der Waals surface area contributed by atoms with Crippen molar-refractivity contribution >= 4 is 11.9 Å². The molecule has 0 aromatic rings. The summed E-state index contributed by atoms with van der Waals surface area (Å²) in [5, 5.41) is 17.8. The molecule has 0 aliphatic rings. The van der Waals surface area contributed by atoms with E-state index in [1.54, 1.807) is 0 Å². The fraction of sp³-hybridized carbons (Fsp3) is 0.750. The summed E-state index contributed by atoms with van der Waals surface area (Å²) in [7, 11) is 4.01. The smallest absolute Gasteiger partial charge is 0.550 e. The third kappa shape index (κ3) is 306. The number of carboxylic acid groups (broad SMARTS) is 2. The molecular formula is C8H18CuN2O4. The molecule has 0 spiro atoms. The van der Waals surface area contributed by atoms with Crippen molar-refractivity contribution in [3.05, 3.63) is 0 Å². The molecule has 0 fully saturated rings. The Balaban J connectivity index is -0.0000000606. The molecule has 0 rings (SSSR count). The molecule has 0 heterocycles. The quantitative estimate of drug-likeness (QED) is 0.536. The third-order valence-electron chi connectivity index (χ3n) is 0.576. The number of carbonyl (C=O) groups is 2. The van der Waals surface area contributed by atoms with Crippen molar-refractivity contribution < 1.29 is 36.9 Å². The molecule has 0 amide bonds. The van der Waals surface area contributed by atoms with Gasteiger partial charge in [0.2, 0.25) is 0 Å². The van der Waals surface area contributed by atoms with Gasteiger partial charge in [0.15, 0.2) is 0 Å². The molecule has 0 saturated carbocycles. The van der Waals surface area contributed by atoms with Crippen molar-refractivity contribution in [3.8, 4) is 0 Å². The number of aliphatic carboxylic acids is 2. The van der Waals surface area contributed by atoms with Crippen LogP contribution in [0.4, 0.5) is 0 Å². The Morgan fingerprint density at radius 3 is 1.33 bits per heavy atom. The number of rotatable bonds is 2. The van der Waals surface area contributed by atoms with Crippen LogP contribution in [0.2, 0.25) is 0 Å². The normalized spacial score (nSPS) is 7.33. The van der Waals surface area contributed by atoms with E-state index < -0.39 is 11.9 Å². The number of likely N-dealkylation sites (N-methyl/N-ethyl adjacent to an activating group) is 1. The van der Waals surface area contributed by atoms with E-state index in [2.05, 4.69) is 4.90 Å². The van der Waals surface area contributed by atoms with Gasteiger partial charge in [0.25, 0.3) is 0 Å². The topological polar surface area (TPSA) is 110 Å². The average Bonchev–Trinajstić information content (AvgIpc) is 1.82. The van der Waals surface area contributed by atoms with Gasteiger partial charge < -0.3 is 30.4 Å². The van der Waals surface area contributed by atoms with Crippen LogP contribution in [0.25, 0.3) is 0 Å². The van der Waals surface area contributed by atoms with E-state index >= 15 is 0 Å². The number of carbonyl (C=O) groups excluding carboxylic acids is 2. The Morgan fingerprint density at radius 1 is 1.13 bits per heavy atom. The first-order chi connectivity index (χ1) is 6.23. The zero-order chi connectivity index (χ0) is 12.1. The molecule has 6 nitrogen and oxygen atoms in total.